The van der Waals surface area contributed by atoms with Gasteiger partial charge in [-0.05, 0) is 43.4 Å². The number of hydrogen-bond acceptors (Lipinski definition) is 12. The molecule has 1 aromatic carbocycles. The van der Waals surface area contributed by atoms with Crippen LogP contribution in [0.15, 0.2) is 10.6 Å². The van der Waals surface area contributed by atoms with E-state index in [0.717, 1.165) is 71.3 Å². The first-order valence-electron chi connectivity index (χ1n) is 17.8. The number of benzene rings is 1. The summed E-state index contributed by atoms with van der Waals surface area (Å²) in [7, 11) is 0. The van der Waals surface area contributed by atoms with Gasteiger partial charge in [-0.3, -0.25) is 14.8 Å². The van der Waals surface area contributed by atoms with Crippen LogP contribution in [0.4, 0.5) is 24.9 Å². The SMILES string of the molecule is N#Cc1c(N)oc2c(F)cnc(-c3c4c(c5c(N6C7CCC6CN(CC6COC6)C7)nc(OC[C@@]67CCCN6C[C@H](F)C7)nc5c3F)COC4)c12. The Kier molecular flexibility index (Phi) is 7.19. The van der Waals surface area contributed by atoms with Gasteiger partial charge in [-0.2, -0.15) is 15.2 Å². The quantitative estimate of drug-likeness (QED) is 0.291. The lowest BCUT2D eigenvalue weighted by molar-refractivity contribution is -0.0484. The predicted octanol–water partition coefficient (Wildman–Crippen LogP) is 4.45. The highest BCUT2D eigenvalue weighted by atomic mass is 19.1. The van der Waals surface area contributed by atoms with Crippen LogP contribution in [0.1, 0.15) is 48.8 Å². The van der Waals surface area contributed by atoms with E-state index in [-0.39, 0.29) is 77.1 Å². The first kappa shape index (κ1) is 31.5. The van der Waals surface area contributed by atoms with Crippen LogP contribution in [0.5, 0.6) is 6.01 Å². The molecule has 2 unspecified atom stereocenters. The minimum absolute atomic E-state index is 0.0124. The smallest absolute Gasteiger partial charge is 0.319 e. The summed E-state index contributed by atoms with van der Waals surface area (Å²) in [4.78, 5) is 21.1. The maximum Gasteiger partial charge on any atom is 0.319 e. The van der Waals surface area contributed by atoms with Crippen molar-refractivity contribution in [2.45, 2.75) is 69.1 Å². The van der Waals surface area contributed by atoms with E-state index in [0.29, 0.717) is 41.2 Å². The van der Waals surface area contributed by atoms with Gasteiger partial charge in [-0.15, -0.1) is 0 Å². The van der Waals surface area contributed by atoms with Crippen molar-refractivity contribution in [3.05, 3.63) is 34.5 Å². The fourth-order valence-electron chi connectivity index (χ4n) is 9.77. The molecule has 6 aliphatic rings. The molecule has 2 N–H and O–H groups in total. The van der Waals surface area contributed by atoms with E-state index >= 15 is 4.39 Å². The number of nitrogens with two attached hydrogens (primary N) is 1. The Balaban J connectivity index is 1.14. The number of nitriles is 1. The molecular weight excluding hydrogens is 665 g/mol. The fraction of sp³-hybridized carbons (Fsp3) is 0.556. The number of fused-ring (bicyclic) bond motifs is 7. The summed E-state index contributed by atoms with van der Waals surface area (Å²) in [5.74, 6) is -0.681. The first-order valence-corrected chi connectivity index (χ1v) is 17.8. The maximum absolute atomic E-state index is 17.5. The van der Waals surface area contributed by atoms with E-state index in [9.17, 15) is 14.0 Å². The topological polar surface area (TPSA) is 139 Å². The standard InChI is InChI=1S/C36H37F3N8O4/c37-19-6-36(4-1-5-46(36)10-19)17-50-35-43-31-28(34(44-35)47-20-2-3-21(47)12-45(11-20)9-18-13-48-14-18)24-16-49-15-23(24)26(29(31)39)30-27-22(7-40)33(41)51-32(27)25(38)8-42-30/h8,18-21H,1-6,9-17,41H2/t19-,20?,21?,36+/m1/s1. The molecule has 266 valence electrons. The van der Waals surface area contributed by atoms with Gasteiger partial charge in [0.1, 0.15) is 35.7 Å². The molecular formula is C36H37F3N8O4. The minimum atomic E-state index is -0.932. The Morgan fingerprint density at radius 1 is 1.06 bits per heavy atom. The van der Waals surface area contributed by atoms with E-state index < -0.39 is 23.3 Å². The molecule has 0 amide bonds. The average Bonchev–Trinajstić information content (AvgIpc) is 3.90. The van der Waals surface area contributed by atoms with Gasteiger partial charge in [0, 0.05) is 56.2 Å². The molecule has 9 heterocycles. The second-order valence-electron chi connectivity index (χ2n) is 15.1. The van der Waals surface area contributed by atoms with Gasteiger partial charge in [0.2, 0.25) is 5.88 Å². The summed E-state index contributed by atoms with van der Waals surface area (Å²) in [6.07, 6.45) is 4.07. The fourth-order valence-corrected chi connectivity index (χ4v) is 9.77. The van der Waals surface area contributed by atoms with Gasteiger partial charge in [0.15, 0.2) is 17.2 Å². The zero-order valence-corrected chi connectivity index (χ0v) is 28.0. The van der Waals surface area contributed by atoms with Crippen LogP contribution < -0.4 is 15.4 Å². The predicted molar refractivity (Wildman–Crippen MR) is 179 cm³/mol. The number of pyridine rings is 1. The number of likely N-dealkylation sites (tertiary alicyclic amines) is 1. The van der Waals surface area contributed by atoms with Crippen LogP contribution in [-0.2, 0) is 22.7 Å². The highest BCUT2D eigenvalue weighted by Gasteiger charge is 2.50. The number of aromatic nitrogens is 3. The first-order chi connectivity index (χ1) is 24.8. The highest BCUT2D eigenvalue weighted by molar-refractivity contribution is 6.04. The zero-order chi connectivity index (χ0) is 34.6. The molecule has 5 fully saturated rings. The van der Waals surface area contributed by atoms with E-state index in [4.69, 9.17) is 34.3 Å². The number of ether oxygens (including phenoxy) is 3. The number of alkyl halides is 1. The van der Waals surface area contributed by atoms with Gasteiger partial charge in [0.25, 0.3) is 0 Å². The molecule has 0 radical (unpaired) electrons. The van der Waals surface area contributed by atoms with E-state index in [1.807, 2.05) is 6.07 Å². The molecule has 12 nitrogen and oxygen atoms in total. The number of nitrogens with zero attached hydrogens (tertiary/aromatic N) is 7. The molecule has 4 atom stereocenters. The highest BCUT2D eigenvalue weighted by Crippen LogP contribution is 2.48. The molecule has 6 aliphatic heterocycles. The Morgan fingerprint density at radius 2 is 1.86 bits per heavy atom. The van der Waals surface area contributed by atoms with Crippen molar-refractivity contribution in [1.29, 1.82) is 5.26 Å². The molecule has 3 aromatic heterocycles. The number of piperazine rings is 1. The largest absolute Gasteiger partial charge is 0.461 e. The number of rotatable bonds is 7. The summed E-state index contributed by atoms with van der Waals surface area (Å²) < 4.78 is 70.4. The van der Waals surface area contributed by atoms with Gasteiger partial charge in [0.05, 0.1) is 54.6 Å². The van der Waals surface area contributed by atoms with Crippen LogP contribution in [-0.4, -0.2) is 101 Å². The van der Waals surface area contributed by atoms with Crippen molar-refractivity contribution in [3.8, 4) is 23.3 Å². The number of hydrogen-bond donors (Lipinski definition) is 1. The monoisotopic (exact) mass is 702 g/mol. The maximum atomic E-state index is 17.5. The van der Waals surface area contributed by atoms with Crippen molar-refractivity contribution in [2.24, 2.45) is 5.92 Å². The second kappa shape index (κ2) is 11.6. The molecule has 0 saturated carbocycles. The second-order valence-corrected chi connectivity index (χ2v) is 15.1. The Bertz CT molecular complexity index is 2120. The molecule has 51 heavy (non-hydrogen) atoms. The summed E-state index contributed by atoms with van der Waals surface area (Å²) in [5.41, 5.74) is 6.42. The normalized spacial score (nSPS) is 27.7. The average molecular weight is 703 g/mol. The van der Waals surface area contributed by atoms with Crippen molar-refractivity contribution in [2.75, 3.05) is 63.2 Å². The number of furan rings is 1. The van der Waals surface area contributed by atoms with Crippen LogP contribution in [0.3, 0.4) is 0 Å². The molecule has 2 bridgehead atoms. The number of nitrogen functional groups attached to an aromatic ring is 1. The van der Waals surface area contributed by atoms with Crippen molar-refractivity contribution in [1.82, 2.24) is 24.8 Å². The molecule has 0 aliphatic carbocycles. The van der Waals surface area contributed by atoms with Crippen LogP contribution in [0.2, 0.25) is 0 Å². The van der Waals surface area contributed by atoms with Crippen LogP contribution >= 0.6 is 0 Å². The summed E-state index contributed by atoms with van der Waals surface area (Å²) in [6.45, 7) is 5.87. The molecule has 10 rings (SSSR count). The molecule has 0 spiro atoms. The summed E-state index contributed by atoms with van der Waals surface area (Å²) >= 11 is 0. The Labute approximate surface area is 291 Å². The lowest BCUT2D eigenvalue weighted by Crippen LogP contribution is -2.56. The van der Waals surface area contributed by atoms with E-state index in [1.54, 1.807) is 0 Å². The van der Waals surface area contributed by atoms with Gasteiger partial charge in [-0.1, -0.05) is 0 Å². The Morgan fingerprint density at radius 3 is 2.63 bits per heavy atom. The van der Waals surface area contributed by atoms with Crippen molar-refractivity contribution in [3.63, 3.8) is 0 Å². The third kappa shape index (κ3) is 4.76. The van der Waals surface area contributed by atoms with Gasteiger partial charge in [-0.25, -0.2) is 13.2 Å². The van der Waals surface area contributed by atoms with Crippen LogP contribution in [0.25, 0.3) is 33.1 Å². The summed E-state index contributed by atoms with van der Waals surface area (Å²) in [6, 6.07) is 2.28. The van der Waals surface area contributed by atoms with E-state index in [1.165, 1.54) is 0 Å². The molecule has 15 heteroatoms. The number of anilines is 2. The van der Waals surface area contributed by atoms with E-state index in [2.05, 4.69) is 19.7 Å². The summed E-state index contributed by atoms with van der Waals surface area (Å²) in [5, 5.41) is 10.5. The van der Waals surface area contributed by atoms with Crippen LogP contribution in [0, 0.1) is 28.9 Å². The third-order valence-electron chi connectivity index (χ3n) is 12.1. The zero-order valence-electron chi connectivity index (χ0n) is 28.0. The third-order valence-corrected chi connectivity index (χ3v) is 12.1. The minimum Gasteiger partial charge on any atom is -0.461 e. The molecule has 4 aromatic rings. The Hall–Kier alpha value is -4.23. The van der Waals surface area contributed by atoms with Gasteiger partial charge >= 0.3 is 6.01 Å². The lowest BCUT2D eigenvalue weighted by atomic mass is 9.93. The number of halogens is 3. The lowest BCUT2D eigenvalue weighted by Gasteiger charge is -2.44. The van der Waals surface area contributed by atoms with Gasteiger partial charge < -0.3 is 29.3 Å². The van der Waals surface area contributed by atoms with Crippen molar-refractivity contribution >= 4 is 33.6 Å². The molecule has 5 saturated heterocycles. The van der Waals surface area contributed by atoms with Crippen molar-refractivity contribution < 1.29 is 31.8 Å².